The molecule has 0 amide bonds. The zero-order valence-electron chi connectivity index (χ0n) is 11.9. The quantitative estimate of drug-likeness (QED) is 0.712. The predicted molar refractivity (Wildman–Crippen MR) is 82.9 cm³/mol. The minimum Gasteiger partial charge on any atom is -0.755 e. The van der Waals surface area contributed by atoms with Crippen LogP contribution in [0.4, 0.5) is 5.95 Å². The van der Waals surface area contributed by atoms with Crippen molar-refractivity contribution in [1.29, 1.82) is 0 Å². The number of rotatable bonds is 5. The minimum atomic E-state index is -2.47. The maximum absolute atomic E-state index is 10.5. The Balaban J connectivity index is 1.87. The van der Waals surface area contributed by atoms with Crippen LogP contribution in [0.25, 0.3) is 10.9 Å². The highest BCUT2D eigenvalue weighted by molar-refractivity contribution is 7.80. The van der Waals surface area contributed by atoms with Gasteiger partial charge in [0.15, 0.2) is 5.75 Å². The summed E-state index contributed by atoms with van der Waals surface area (Å²) in [5.41, 5.74) is 0.725. The van der Waals surface area contributed by atoms with Crippen molar-refractivity contribution in [2.75, 3.05) is 11.8 Å². The molecule has 0 radical (unpaired) electrons. The lowest BCUT2D eigenvalue weighted by Gasteiger charge is -2.10. The van der Waals surface area contributed by atoms with Crippen molar-refractivity contribution in [2.24, 2.45) is 0 Å². The number of ether oxygens (including phenoxy) is 2. The molecule has 3 aromatic rings. The van der Waals surface area contributed by atoms with E-state index in [9.17, 15) is 8.76 Å². The third-order valence-corrected chi connectivity index (χ3v) is 3.29. The van der Waals surface area contributed by atoms with Crippen LogP contribution in [0.3, 0.4) is 0 Å². The molecule has 23 heavy (non-hydrogen) atoms. The van der Waals surface area contributed by atoms with Crippen molar-refractivity contribution in [1.82, 2.24) is 15.0 Å². The Hall–Kier alpha value is -2.78. The van der Waals surface area contributed by atoms with Gasteiger partial charge in [0.1, 0.15) is 11.5 Å². The fourth-order valence-electron chi connectivity index (χ4n) is 1.94. The molecule has 0 aliphatic heterocycles. The molecule has 1 aromatic carbocycles. The van der Waals surface area contributed by atoms with Gasteiger partial charge in [0.25, 0.3) is 0 Å². The van der Waals surface area contributed by atoms with Crippen molar-refractivity contribution in [2.45, 2.75) is 0 Å². The molecule has 1 N–H and O–H groups in total. The molecule has 0 aliphatic rings. The summed E-state index contributed by atoms with van der Waals surface area (Å²) < 4.78 is 34.0. The van der Waals surface area contributed by atoms with Crippen LogP contribution in [0.5, 0.6) is 17.2 Å². The van der Waals surface area contributed by atoms with Gasteiger partial charge in [-0.05, 0) is 18.2 Å². The normalized spacial score (nSPS) is 11.9. The summed E-state index contributed by atoms with van der Waals surface area (Å²) in [6.07, 6.45) is 4.37. The highest BCUT2D eigenvalue weighted by atomic mass is 32.2. The van der Waals surface area contributed by atoms with Crippen LogP contribution >= 0.6 is 0 Å². The van der Waals surface area contributed by atoms with Crippen molar-refractivity contribution >= 4 is 28.1 Å². The van der Waals surface area contributed by atoms with Crippen LogP contribution in [0.1, 0.15) is 0 Å². The average Bonchev–Trinajstić information content (AvgIpc) is 2.56. The Morgan fingerprint density at radius 1 is 1.13 bits per heavy atom. The number of hydrogen-bond acceptors (Lipinski definition) is 7. The fourth-order valence-corrected chi connectivity index (χ4v) is 2.20. The van der Waals surface area contributed by atoms with Gasteiger partial charge in [-0.25, -0.2) is 9.97 Å². The zero-order chi connectivity index (χ0) is 16.2. The predicted octanol–water partition coefficient (Wildman–Crippen LogP) is 2.03. The molecule has 0 aliphatic carbocycles. The van der Waals surface area contributed by atoms with E-state index in [0.29, 0.717) is 17.2 Å². The second kappa shape index (κ2) is 6.55. The Morgan fingerprint density at radius 3 is 2.61 bits per heavy atom. The number of benzene rings is 1. The van der Waals surface area contributed by atoms with Crippen molar-refractivity contribution in [3.05, 3.63) is 42.9 Å². The molecule has 0 spiro atoms. The van der Waals surface area contributed by atoms with Gasteiger partial charge in [-0.1, -0.05) is 0 Å². The van der Waals surface area contributed by atoms with Crippen molar-refractivity contribution in [3.63, 3.8) is 0 Å². The second-order valence-corrected chi connectivity index (χ2v) is 5.05. The molecule has 0 bridgehead atoms. The van der Waals surface area contributed by atoms with Crippen LogP contribution in [-0.4, -0.2) is 30.8 Å². The summed E-state index contributed by atoms with van der Waals surface area (Å²) in [6.45, 7) is 0. The van der Waals surface area contributed by atoms with Crippen LogP contribution in [0, 0.1) is 0 Å². The third-order valence-electron chi connectivity index (χ3n) is 2.94. The van der Waals surface area contributed by atoms with Crippen molar-refractivity contribution < 1.29 is 18.2 Å². The number of fused-ring (bicyclic) bond motifs is 1. The maximum Gasteiger partial charge on any atom is 0.234 e. The van der Waals surface area contributed by atoms with Gasteiger partial charge >= 0.3 is 0 Å². The molecule has 118 valence electrons. The van der Waals surface area contributed by atoms with E-state index in [2.05, 4.69) is 19.7 Å². The molecule has 3 rings (SSSR count). The molecule has 0 fully saturated rings. The lowest BCUT2D eigenvalue weighted by atomic mass is 10.2. The Bertz CT molecular complexity index is 857. The van der Waals surface area contributed by atoms with Gasteiger partial charge in [-0.2, -0.15) is 0 Å². The highest BCUT2D eigenvalue weighted by Gasteiger charge is 2.07. The van der Waals surface area contributed by atoms with Gasteiger partial charge in [0.05, 0.1) is 25.0 Å². The number of methoxy groups -OCH3 is 1. The number of aromatic nitrogens is 3. The van der Waals surface area contributed by atoms with Gasteiger partial charge in [0.2, 0.25) is 5.95 Å². The highest BCUT2D eigenvalue weighted by Crippen LogP contribution is 2.30. The first-order valence-corrected chi connectivity index (χ1v) is 7.52. The van der Waals surface area contributed by atoms with Crippen LogP contribution in [0.15, 0.2) is 42.9 Å². The molecule has 9 heteroatoms. The Morgan fingerprint density at radius 2 is 1.91 bits per heavy atom. The van der Waals surface area contributed by atoms with E-state index < -0.39 is 11.3 Å². The van der Waals surface area contributed by atoms with E-state index in [0.717, 1.165) is 10.9 Å². The number of nitrogens with one attached hydrogen (secondary N) is 1. The van der Waals surface area contributed by atoms with Crippen LogP contribution in [0.2, 0.25) is 0 Å². The van der Waals surface area contributed by atoms with E-state index in [1.54, 1.807) is 25.4 Å². The Kier molecular flexibility index (Phi) is 4.31. The number of anilines is 1. The largest absolute Gasteiger partial charge is 0.755 e. The molecule has 8 nitrogen and oxygen atoms in total. The maximum atomic E-state index is 10.5. The van der Waals surface area contributed by atoms with Crippen LogP contribution in [-0.2, 0) is 11.3 Å². The van der Waals surface area contributed by atoms with Gasteiger partial charge < -0.3 is 14.0 Å². The first kappa shape index (κ1) is 15.1. The second-order valence-electron chi connectivity index (χ2n) is 4.37. The van der Waals surface area contributed by atoms with E-state index in [4.69, 9.17) is 9.47 Å². The zero-order valence-corrected chi connectivity index (χ0v) is 12.7. The van der Waals surface area contributed by atoms with Gasteiger partial charge in [0, 0.05) is 28.9 Å². The first-order chi connectivity index (χ1) is 11.2. The Labute approximate surface area is 133 Å². The summed E-state index contributed by atoms with van der Waals surface area (Å²) in [5.74, 6) is 1.62. The summed E-state index contributed by atoms with van der Waals surface area (Å²) in [7, 11) is 1.59. The van der Waals surface area contributed by atoms with Crippen LogP contribution < -0.4 is 14.2 Å². The molecule has 2 aromatic heterocycles. The van der Waals surface area contributed by atoms with Crippen molar-refractivity contribution in [3.8, 4) is 17.2 Å². The van der Waals surface area contributed by atoms with Gasteiger partial charge in [-0.3, -0.25) is 13.9 Å². The molecular weight excluding hydrogens is 320 g/mol. The number of pyridine rings is 1. The lowest BCUT2D eigenvalue weighted by molar-refractivity contribution is 0.415. The van der Waals surface area contributed by atoms with Gasteiger partial charge in [-0.15, -0.1) is 0 Å². The number of nitrogens with zero attached hydrogens (tertiary/aromatic N) is 3. The summed E-state index contributed by atoms with van der Waals surface area (Å²) in [6, 6.07) is 7.17. The monoisotopic (exact) mass is 331 g/mol. The molecular formula is C14H11N4O4S-. The van der Waals surface area contributed by atoms with E-state index in [1.165, 1.54) is 12.4 Å². The number of hydrogen-bond donors (Lipinski definition) is 1. The summed E-state index contributed by atoms with van der Waals surface area (Å²) in [4.78, 5) is 12.0. The minimum absolute atomic E-state index is 0.0324. The fraction of sp³-hybridized carbons (Fsp3) is 0.0714. The van der Waals surface area contributed by atoms with E-state index in [-0.39, 0.29) is 5.95 Å². The molecule has 2 heterocycles. The van der Waals surface area contributed by atoms with E-state index >= 15 is 0 Å². The molecule has 1 atom stereocenters. The molecule has 0 saturated carbocycles. The SMILES string of the molecule is COc1ccc2c(Oc3cnc(NS(=O)[O-])nc3)ccnc2c1. The standard InChI is InChI=1S/C14H12N4O4S/c1-21-9-2-3-11-12(6-9)15-5-4-13(11)22-10-7-16-14(17-8-10)18-23(19)20/h2-8H,1H3,(H,19,20)(H,16,17,18)/p-1. The smallest absolute Gasteiger partial charge is 0.234 e. The van der Waals surface area contributed by atoms with E-state index in [1.807, 2.05) is 12.1 Å². The summed E-state index contributed by atoms with van der Waals surface area (Å²) >= 11 is -2.47. The molecule has 1 unspecified atom stereocenters. The third kappa shape index (κ3) is 3.52. The molecule has 0 saturated heterocycles. The summed E-state index contributed by atoms with van der Waals surface area (Å²) in [5, 5.41) is 0.802. The first-order valence-electron chi connectivity index (χ1n) is 6.44. The average molecular weight is 331 g/mol. The topological polar surface area (TPSA) is 109 Å². The lowest BCUT2D eigenvalue weighted by Crippen LogP contribution is -2.05.